The summed E-state index contributed by atoms with van der Waals surface area (Å²) < 4.78 is 13.8. The van der Waals surface area contributed by atoms with Crippen LogP contribution >= 0.6 is 42.6 Å². The minimum atomic E-state index is -2.56. The van der Waals surface area contributed by atoms with E-state index in [1.54, 1.807) is 0 Å². The molecule has 1 unspecified atom stereocenters. The van der Waals surface area contributed by atoms with Crippen LogP contribution in [0.15, 0.2) is 24.3 Å². The van der Waals surface area contributed by atoms with Crippen molar-refractivity contribution in [2.24, 2.45) is 0 Å². The van der Waals surface area contributed by atoms with Gasteiger partial charge in [0, 0.05) is 17.9 Å². The van der Waals surface area contributed by atoms with Gasteiger partial charge in [-0.25, -0.2) is 4.79 Å². The molecule has 32 heavy (non-hydrogen) atoms. The molecule has 0 N–H and O–H groups in total. The average Bonchev–Trinajstić information content (AvgIpc) is 3.16. The normalized spacial score (nSPS) is 16.2. The summed E-state index contributed by atoms with van der Waals surface area (Å²) in [6, 6.07) is 6.83. The molecule has 0 radical (unpaired) electrons. The van der Waals surface area contributed by atoms with E-state index in [2.05, 4.69) is 20.8 Å². The molecule has 0 spiro atoms. The molecule has 0 amide bonds. The summed E-state index contributed by atoms with van der Waals surface area (Å²) in [6.45, 7) is 10.0. The molecule has 0 saturated heterocycles. The first-order chi connectivity index (χ1) is 14.8. The standard InChI is InChI=1S/C25H27Cl3O3P/c1-14-10-16(24(3,4)5)11-15(2)20(14)23(30)32(31)25(8-6-7-9-25)22(29)21-18(27)12-17(26)13-19(21)28/h10-13H,6-9H2,1-5H3/q+1. The van der Waals surface area contributed by atoms with E-state index in [-0.39, 0.29) is 21.0 Å². The number of ketones is 1. The minimum Gasteiger partial charge on any atom is -0.289 e. The maximum atomic E-state index is 13.8. The van der Waals surface area contributed by atoms with Crippen molar-refractivity contribution in [2.75, 3.05) is 0 Å². The van der Waals surface area contributed by atoms with E-state index < -0.39 is 24.3 Å². The second-order valence-corrected chi connectivity index (χ2v) is 12.7. The van der Waals surface area contributed by atoms with Crippen molar-refractivity contribution in [3.63, 3.8) is 0 Å². The maximum absolute atomic E-state index is 13.8. The lowest BCUT2D eigenvalue weighted by Gasteiger charge is -2.22. The van der Waals surface area contributed by atoms with Gasteiger partial charge in [0.05, 0.1) is 21.2 Å². The number of carbonyl (C=O) groups excluding carboxylic acids is 2. The van der Waals surface area contributed by atoms with Gasteiger partial charge >= 0.3 is 13.3 Å². The summed E-state index contributed by atoms with van der Waals surface area (Å²) in [5.74, 6) is -0.433. The quantitative estimate of drug-likeness (QED) is 0.297. The molecule has 1 atom stereocenters. The first-order valence-electron chi connectivity index (χ1n) is 10.6. The fourth-order valence-electron chi connectivity index (χ4n) is 4.50. The van der Waals surface area contributed by atoms with Crippen LogP contribution in [-0.2, 0) is 9.98 Å². The number of Topliss-reactive ketones (excluding diaryl/α,β-unsaturated/α-hetero) is 1. The largest absolute Gasteiger partial charge is 0.434 e. The third kappa shape index (κ3) is 4.55. The molecule has 2 aromatic rings. The van der Waals surface area contributed by atoms with Gasteiger partial charge in [0.25, 0.3) is 0 Å². The molecule has 1 aliphatic carbocycles. The van der Waals surface area contributed by atoms with Gasteiger partial charge in [-0.15, -0.1) is 0 Å². The highest BCUT2D eigenvalue weighted by molar-refractivity contribution is 7.67. The highest BCUT2D eigenvalue weighted by Gasteiger charge is 2.61. The molecular weight excluding hydrogens is 486 g/mol. The summed E-state index contributed by atoms with van der Waals surface area (Å²) in [4.78, 5) is 27.3. The predicted octanol–water partition coefficient (Wildman–Crippen LogP) is 8.72. The van der Waals surface area contributed by atoms with E-state index in [4.69, 9.17) is 34.8 Å². The van der Waals surface area contributed by atoms with Crippen molar-refractivity contribution in [1.82, 2.24) is 0 Å². The van der Waals surface area contributed by atoms with Crippen LogP contribution in [0.4, 0.5) is 0 Å². The van der Waals surface area contributed by atoms with Crippen molar-refractivity contribution in [2.45, 2.75) is 70.9 Å². The number of hydrogen-bond acceptors (Lipinski definition) is 3. The molecule has 0 aromatic heterocycles. The average molecular weight is 513 g/mol. The van der Waals surface area contributed by atoms with E-state index >= 15 is 0 Å². The van der Waals surface area contributed by atoms with Crippen molar-refractivity contribution in [1.29, 1.82) is 0 Å². The number of hydrogen-bond donors (Lipinski definition) is 0. The first-order valence-corrected chi connectivity index (χ1v) is 13.0. The first kappa shape index (κ1) is 25.4. The molecule has 7 heteroatoms. The van der Waals surface area contributed by atoms with Gasteiger partial charge in [-0.1, -0.05) is 72.3 Å². The molecule has 0 heterocycles. The number of benzene rings is 2. The minimum absolute atomic E-state index is 0.0793. The Bertz CT molecular complexity index is 1080. The molecule has 1 fully saturated rings. The van der Waals surface area contributed by atoms with Crippen LogP contribution < -0.4 is 0 Å². The zero-order chi connectivity index (χ0) is 24.0. The van der Waals surface area contributed by atoms with Crippen LogP contribution in [0.3, 0.4) is 0 Å². The van der Waals surface area contributed by atoms with Crippen molar-refractivity contribution < 1.29 is 14.2 Å². The van der Waals surface area contributed by atoms with E-state index in [1.165, 1.54) is 12.1 Å². The number of halogens is 3. The van der Waals surface area contributed by atoms with Crippen molar-refractivity contribution in [3.05, 3.63) is 67.2 Å². The van der Waals surface area contributed by atoms with Gasteiger partial charge in [-0.05, 0) is 60.9 Å². The summed E-state index contributed by atoms with van der Waals surface area (Å²) >= 11 is 18.6. The molecule has 3 nitrogen and oxygen atoms in total. The Balaban J connectivity index is 2.08. The Kier molecular flexibility index (Phi) is 7.28. The number of carbonyl (C=O) groups is 2. The Morgan fingerprint density at radius 1 is 0.875 bits per heavy atom. The van der Waals surface area contributed by atoms with E-state index in [0.29, 0.717) is 36.3 Å². The number of rotatable bonds is 5. The summed E-state index contributed by atoms with van der Waals surface area (Å²) in [6.07, 6.45) is 2.15. The second-order valence-electron chi connectivity index (χ2n) is 9.65. The summed E-state index contributed by atoms with van der Waals surface area (Å²) in [5.41, 5.74) is 2.61. The summed E-state index contributed by atoms with van der Waals surface area (Å²) in [7, 11) is -2.56. The third-order valence-corrected chi connectivity index (χ3v) is 9.11. The zero-order valence-corrected chi connectivity index (χ0v) is 22.1. The SMILES string of the molecule is Cc1cc(C(C)(C)C)cc(C)c1C(=O)[P+](=O)C1(C(=O)c2c(Cl)cc(Cl)cc2Cl)CCCC1. The fraction of sp³-hybridized carbons (Fsp3) is 0.440. The Hall–Kier alpha value is -1.25. The van der Waals surface area contributed by atoms with Gasteiger partial charge in [-0.2, -0.15) is 0 Å². The van der Waals surface area contributed by atoms with Crippen molar-refractivity contribution in [3.8, 4) is 0 Å². The Morgan fingerprint density at radius 2 is 1.34 bits per heavy atom. The van der Waals surface area contributed by atoms with Gasteiger partial charge < -0.3 is 0 Å². The Morgan fingerprint density at radius 3 is 1.78 bits per heavy atom. The summed E-state index contributed by atoms with van der Waals surface area (Å²) in [5, 5.41) is -0.787. The maximum Gasteiger partial charge on any atom is 0.434 e. The molecular formula is C25H27Cl3O3P+. The second kappa shape index (κ2) is 9.18. The van der Waals surface area contributed by atoms with E-state index in [0.717, 1.165) is 16.7 Å². The lowest BCUT2D eigenvalue weighted by atomic mass is 9.84. The highest BCUT2D eigenvalue weighted by Crippen LogP contribution is 2.55. The van der Waals surface area contributed by atoms with Crippen LogP contribution in [-0.4, -0.2) is 16.5 Å². The number of aryl methyl sites for hydroxylation is 2. The molecule has 0 aliphatic heterocycles. The van der Waals surface area contributed by atoms with Crippen LogP contribution in [0.25, 0.3) is 0 Å². The molecule has 0 bridgehead atoms. The highest BCUT2D eigenvalue weighted by atomic mass is 35.5. The Labute approximate surface area is 205 Å². The predicted molar refractivity (Wildman–Crippen MR) is 134 cm³/mol. The molecule has 1 aliphatic rings. The molecule has 3 rings (SSSR count). The van der Waals surface area contributed by atoms with Gasteiger partial charge in [0.1, 0.15) is 0 Å². The molecule has 170 valence electrons. The van der Waals surface area contributed by atoms with E-state index in [1.807, 2.05) is 26.0 Å². The van der Waals surface area contributed by atoms with Gasteiger partial charge in [0.15, 0.2) is 0 Å². The fourth-order valence-corrected chi connectivity index (χ4v) is 7.46. The van der Waals surface area contributed by atoms with Crippen molar-refractivity contribution >= 4 is 53.9 Å². The third-order valence-electron chi connectivity index (χ3n) is 6.27. The van der Waals surface area contributed by atoms with Crippen LogP contribution in [0.5, 0.6) is 0 Å². The zero-order valence-electron chi connectivity index (χ0n) is 18.9. The topological polar surface area (TPSA) is 51.2 Å². The van der Waals surface area contributed by atoms with Crippen LogP contribution in [0, 0.1) is 13.8 Å². The van der Waals surface area contributed by atoms with Gasteiger partial charge in [-0.3, -0.25) is 4.79 Å². The van der Waals surface area contributed by atoms with E-state index in [9.17, 15) is 14.2 Å². The molecule has 2 aromatic carbocycles. The van der Waals surface area contributed by atoms with Gasteiger partial charge in [0.2, 0.25) is 10.9 Å². The lowest BCUT2D eigenvalue weighted by molar-refractivity contribution is 0.0931. The monoisotopic (exact) mass is 511 g/mol. The molecule has 1 saturated carbocycles. The van der Waals surface area contributed by atoms with Crippen LogP contribution in [0.2, 0.25) is 15.1 Å². The smallest absolute Gasteiger partial charge is 0.289 e. The van der Waals surface area contributed by atoms with Crippen LogP contribution in [0.1, 0.15) is 83.9 Å². The lowest BCUT2D eigenvalue weighted by Crippen LogP contribution is -2.34.